The molecule has 1 aromatic heterocycles. The average molecular weight is 533 g/mol. The Morgan fingerprint density at radius 2 is 1.92 bits per heavy atom. The maximum Gasteiger partial charge on any atom is 0.323 e. The molecule has 5 amide bonds. The number of halogens is 3. The number of alkyl halides is 1. The summed E-state index contributed by atoms with van der Waals surface area (Å²) in [6, 6.07) is 6.42. The first-order chi connectivity index (χ1) is 17.6. The molecule has 0 aliphatic carbocycles. The SMILES string of the molecule is CNC(=O)c1cc(Cl)c(F)c(CNC(=O)[C@@H]2C[C@@H](F)CN2C(=O)Nc2cn(C(N)=O)c3ccccc23)c1. The molecule has 2 atom stereocenters. The minimum absolute atomic E-state index is 0.0514. The van der Waals surface area contributed by atoms with E-state index in [1.54, 1.807) is 24.3 Å². The van der Waals surface area contributed by atoms with Crippen molar-refractivity contribution in [2.75, 3.05) is 18.9 Å². The highest BCUT2D eigenvalue weighted by atomic mass is 35.5. The standard InChI is InChI=1S/C24H23ClF2N6O4/c1-29-21(34)12-6-13(20(27)16(25)7-12)9-30-22(35)19-8-14(26)10-33(19)24(37)31-17-11-32(23(28)36)18-5-3-2-4-15(17)18/h2-7,11,14,19H,8-10H2,1H3,(H2,28,36)(H,29,34)(H,30,35)(H,31,37)/t14-,19+/m1/s1. The Labute approximate surface area is 214 Å². The van der Waals surface area contributed by atoms with Gasteiger partial charge in [-0.2, -0.15) is 0 Å². The molecule has 3 aromatic rings. The number of para-hydroxylation sites is 1. The number of nitrogens with zero attached hydrogens (tertiary/aromatic N) is 2. The Bertz CT molecular complexity index is 1410. The molecule has 2 heterocycles. The molecule has 0 spiro atoms. The third-order valence-corrected chi connectivity index (χ3v) is 6.33. The molecular formula is C24H23ClF2N6O4. The first-order valence-corrected chi connectivity index (χ1v) is 11.6. The third-order valence-electron chi connectivity index (χ3n) is 6.05. The van der Waals surface area contributed by atoms with Gasteiger partial charge in [0.2, 0.25) is 5.91 Å². The van der Waals surface area contributed by atoms with Gasteiger partial charge in [0.25, 0.3) is 5.91 Å². The molecule has 1 aliphatic rings. The fourth-order valence-corrected chi connectivity index (χ4v) is 4.50. The summed E-state index contributed by atoms with van der Waals surface area (Å²) in [4.78, 5) is 50.6. The predicted octanol–water partition coefficient (Wildman–Crippen LogP) is 2.98. The molecule has 10 nitrogen and oxygen atoms in total. The lowest BCUT2D eigenvalue weighted by Gasteiger charge is -2.24. The van der Waals surface area contributed by atoms with E-state index < -0.39 is 41.9 Å². The van der Waals surface area contributed by atoms with E-state index in [0.717, 1.165) is 15.5 Å². The van der Waals surface area contributed by atoms with Crippen LogP contribution in [0.25, 0.3) is 10.9 Å². The van der Waals surface area contributed by atoms with E-state index in [-0.39, 0.29) is 41.3 Å². The molecule has 1 fully saturated rings. The Kier molecular flexibility index (Phi) is 7.30. The minimum atomic E-state index is -1.46. The molecule has 0 unspecified atom stereocenters. The fraction of sp³-hybridized carbons (Fsp3) is 0.250. The Morgan fingerprint density at radius 1 is 1.19 bits per heavy atom. The average Bonchev–Trinajstić information content (AvgIpc) is 3.45. The van der Waals surface area contributed by atoms with Crippen LogP contribution in [0.4, 0.5) is 24.1 Å². The summed E-state index contributed by atoms with van der Waals surface area (Å²) in [6.45, 7) is -0.686. The summed E-state index contributed by atoms with van der Waals surface area (Å²) < 4.78 is 30.0. The maximum atomic E-state index is 14.5. The number of aromatic nitrogens is 1. The number of nitrogens with two attached hydrogens (primary N) is 1. The molecule has 1 aliphatic heterocycles. The molecule has 13 heteroatoms. The van der Waals surface area contributed by atoms with Gasteiger partial charge in [-0.3, -0.25) is 14.2 Å². The second-order valence-electron chi connectivity index (χ2n) is 8.43. The monoisotopic (exact) mass is 532 g/mol. The summed E-state index contributed by atoms with van der Waals surface area (Å²) >= 11 is 5.88. The van der Waals surface area contributed by atoms with Crippen LogP contribution in [0.15, 0.2) is 42.6 Å². The molecule has 5 N–H and O–H groups in total. The van der Waals surface area contributed by atoms with Gasteiger partial charge in [0.1, 0.15) is 18.0 Å². The van der Waals surface area contributed by atoms with Crippen molar-refractivity contribution in [1.82, 2.24) is 20.1 Å². The number of nitrogens with one attached hydrogen (secondary N) is 3. The topological polar surface area (TPSA) is 139 Å². The van der Waals surface area contributed by atoms with Crippen LogP contribution in [0.1, 0.15) is 22.3 Å². The quantitative estimate of drug-likeness (QED) is 0.401. The Morgan fingerprint density at radius 3 is 2.62 bits per heavy atom. The molecule has 1 saturated heterocycles. The van der Waals surface area contributed by atoms with Crippen LogP contribution >= 0.6 is 11.6 Å². The highest BCUT2D eigenvalue weighted by Gasteiger charge is 2.40. The van der Waals surface area contributed by atoms with Crippen LogP contribution < -0.4 is 21.7 Å². The van der Waals surface area contributed by atoms with Crippen LogP contribution in [0, 0.1) is 5.82 Å². The van der Waals surface area contributed by atoms with Gasteiger partial charge >= 0.3 is 12.1 Å². The normalized spacial score (nSPS) is 17.0. The maximum absolute atomic E-state index is 14.5. The molecule has 4 rings (SSSR count). The number of carbonyl (C=O) groups is 4. The minimum Gasteiger partial charge on any atom is -0.355 e. The van der Waals surface area contributed by atoms with Crippen molar-refractivity contribution in [1.29, 1.82) is 0 Å². The number of carbonyl (C=O) groups excluding carboxylic acids is 4. The summed E-state index contributed by atoms with van der Waals surface area (Å²) in [6.07, 6.45) is -0.380. The smallest absolute Gasteiger partial charge is 0.323 e. The Balaban J connectivity index is 1.50. The Hall–Kier alpha value is -4.19. The van der Waals surface area contributed by atoms with Crippen molar-refractivity contribution in [2.45, 2.75) is 25.2 Å². The van der Waals surface area contributed by atoms with Crippen molar-refractivity contribution >= 4 is 52.1 Å². The lowest BCUT2D eigenvalue weighted by Crippen LogP contribution is -2.47. The van der Waals surface area contributed by atoms with Gasteiger partial charge in [-0.15, -0.1) is 0 Å². The number of hydrogen-bond donors (Lipinski definition) is 4. The first-order valence-electron chi connectivity index (χ1n) is 11.2. The van der Waals surface area contributed by atoms with E-state index in [2.05, 4.69) is 16.0 Å². The lowest BCUT2D eigenvalue weighted by atomic mass is 10.1. The summed E-state index contributed by atoms with van der Waals surface area (Å²) in [5.41, 5.74) is 6.16. The fourth-order valence-electron chi connectivity index (χ4n) is 4.26. The molecular weight excluding hydrogens is 510 g/mol. The van der Waals surface area contributed by atoms with Crippen LogP contribution in [0.3, 0.4) is 0 Å². The number of urea groups is 1. The third kappa shape index (κ3) is 5.19. The van der Waals surface area contributed by atoms with Gasteiger partial charge in [0, 0.05) is 42.7 Å². The first kappa shape index (κ1) is 25.9. The van der Waals surface area contributed by atoms with Gasteiger partial charge in [0.05, 0.1) is 22.8 Å². The van der Waals surface area contributed by atoms with Crippen molar-refractivity contribution in [3.8, 4) is 0 Å². The zero-order valence-corrected chi connectivity index (χ0v) is 20.3. The zero-order valence-electron chi connectivity index (χ0n) is 19.6. The van der Waals surface area contributed by atoms with Crippen LogP contribution in [0.2, 0.25) is 5.02 Å². The summed E-state index contributed by atoms with van der Waals surface area (Å²) in [7, 11) is 1.40. The molecule has 194 valence electrons. The number of hydrogen-bond acceptors (Lipinski definition) is 4. The lowest BCUT2D eigenvalue weighted by molar-refractivity contribution is -0.124. The molecule has 0 bridgehead atoms. The van der Waals surface area contributed by atoms with Crippen LogP contribution in [0.5, 0.6) is 0 Å². The second-order valence-corrected chi connectivity index (χ2v) is 8.83. The van der Waals surface area contributed by atoms with Gasteiger partial charge in [-0.25, -0.2) is 18.4 Å². The van der Waals surface area contributed by atoms with E-state index >= 15 is 0 Å². The van der Waals surface area contributed by atoms with Gasteiger partial charge < -0.3 is 26.6 Å². The molecule has 0 saturated carbocycles. The molecule has 2 aromatic carbocycles. The number of anilines is 1. The second kappa shape index (κ2) is 10.4. The number of amides is 5. The van der Waals surface area contributed by atoms with Gasteiger partial charge in [0.15, 0.2) is 0 Å². The van der Waals surface area contributed by atoms with Crippen molar-refractivity contribution in [3.05, 3.63) is 64.6 Å². The number of primary amides is 1. The largest absolute Gasteiger partial charge is 0.355 e. The molecule has 37 heavy (non-hydrogen) atoms. The van der Waals surface area contributed by atoms with Crippen LogP contribution in [-0.2, 0) is 11.3 Å². The van der Waals surface area contributed by atoms with Gasteiger partial charge in [-0.05, 0) is 18.2 Å². The zero-order chi connectivity index (χ0) is 26.9. The highest BCUT2D eigenvalue weighted by molar-refractivity contribution is 6.31. The highest BCUT2D eigenvalue weighted by Crippen LogP contribution is 2.28. The van der Waals surface area contributed by atoms with E-state index in [9.17, 15) is 28.0 Å². The number of rotatable bonds is 5. The number of benzene rings is 2. The van der Waals surface area contributed by atoms with Crippen molar-refractivity contribution in [3.63, 3.8) is 0 Å². The van der Waals surface area contributed by atoms with Gasteiger partial charge in [-0.1, -0.05) is 29.8 Å². The summed E-state index contributed by atoms with van der Waals surface area (Å²) in [5.74, 6) is -2.02. The van der Waals surface area contributed by atoms with Crippen molar-refractivity contribution in [2.24, 2.45) is 5.73 Å². The van der Waals surface area contributed by atoms with Crippen molar-refractivity contribution < 1.29 is 28.0 Å². The van der Waals surface area contributed by atoms with Crippen LogP contribution in [-0.4, -0.2) is 59.1 Å². The molecule has 0 radical (unpaired) electrons. The summed E-state index contributed by atoms with van der Waals surface area (Å²) in [5, 5.41) is 7.72. The van der Waals surface area contributed by atoms with E-state index in [0.29, 0.717) is 10.9 Å². The number of fused-ring (bicyclic) bond motifs is 1. The predicted molar refractivity (Wildman–Crippen MR) is 133 cm³/mol. The van der Waals surface area contributed by atoms with E-state index in [1.165, 1.54) is 19.3 Å². The van der Waals surface area contributed by atoms with E-state index in [1.807, 2.05) is 0 Å². The van der Waals surface area contributed by atoms with E-state index in [4.69, 9.17) is 17.3 Å². The number of likely N-dealkylation sites (tertiary alicyclic amines) is 1.